The van der Waals surface area contributed by atoms with Gasteiger partial charge in [-0.05, 0) is 31.3 Å². The average Bonchev–Trinajstić information content (AvgIpc) is 2.83. The Morgan fingerprint density at radius 2 is 1.72 bits per heavy atom. The predicted octanol–water partition coefficient (Wildman–Crippen LogP) is -0.563. The smallest absolute Gasteiger partial charge is 0.340 e. The maximum absolute atomic E-state index is 12.7. The third kappa shape index (κ3) is 4.08. The molecule has 0 aliphatic carbocycles. The maximum atomic E-state index is 12.7. The Morgan fingerprint density at radius 1 is 1.06 bits per heavy atom. The summed E-state index contributed by atoms with van der Waals surface area (Å²) in [5, 5.41) is 73.1. The molecule has 2 heterocycles. The van der Waals surface area contributed by atoms with Crippen LogP contribution in [0.25, 0.3) is 22.3 Å². The third-order valence-electron chi connectivity index (χ3n) is 5.88. The first kappa shape index (κ1) is 25.2. The molecule has 1 aromatic heterocycles. The van der Waals surface area contributed by atoms with Crippen LogP contribution >= 0.6 is 0 Å². The molecular weight excluding hydrogens is 482 g/mol. The fourth-order valence-electron chi connectivity index (χ4n) is 3.98. The second-order valence-electron chi connectivity index (χ2n) is 8.22. The molecule has 0 unspecified atom stereocenters. The van der Waals surface area contributed by atoms with Gasteiger partial charge >= 0.3 is 5.97 Å². The number of aliphatic hydroxyl groups is 3. The van der Waals surface area contributed by atoms with Crippen molar-refractivity contribution >= 4 is 16.9 Å². The molecule has 4 rings (SSSR count). The Labute approximate surface area is 202 Å². The van der Waals surface area contributed by atoms with Gasteiger partial charge in [-0.25, -0.2) is 4.79 Å². The van der Waals surface area contributed by atoms with Gasteiger partial charge in [0.05, 0.1) is 0 Å². The lowest BCUT2D eigenvalue weighted by molar-refractivity contribution is -0.305. The molecular formula is C23H23NO12. The standard InChI is InChI=1S/C23H23NO12/c1-24-8-23(22(32)33)20(31)18(29)19(30)21(36-23)35-14-7-13-15(17(28)16(14)27)11(26)6-12(34-13)9-2-4-10(25)5-3-9/h2-7,18-21,24-25,27-31H,8H2,1H3,(H,32,33)/t18-,19-,20+,21-,23+/m1/s1. The predicted molar refractivity (Wildman–Crippen MR) is 121 cm³/mol. The Kier molecular flexibility index (Phi) is 6.51. The van der Waals surface area contributed by atoms with Crippen molar-refractivity contribution in [3.63, 3.8) is 0 Å². The van der Waals surface area contributed by atoms with Crippen molar-refractivity contribution in [2.75, 3.05) is 13.6 Å². The molecule has 0 amide bonds. The van der Waals surface area contributed by atoms with Gasteiger partial charge in [-0.3, -0.25) is 4.79 Å². The van der Waals surface area contributed by atoms with Crippen molar-refractivity contribution in [2.45, 2.75) is 30.2 Å². The molecule has 1 saturated heterocycles. The Balaban J connectivity index is 1.78. The molecule has 0 radical (unpaired) electrons. The summed E-state index contributed by atoms with van der Waals surface area (Å²) in [6.07, 6.45) is -8.00. The van der Waals surface area contributed by atoms with Crippen LogP contribution in [0.3, 0.4) is 0 Å². The molecule has 0 saturated carbocycles. The fraction of sp³-hybridized carbons (Fsp3) is 0.304. The minimum absolute atomic E-state index is 0.0193. The maximum Gasteiger partial charge on any atom is 0.340 e. The van der Waals surface area contributed by atoms with Crippen molar-refractivity contribution in [2.24, 2.45) is 0 Å². The second kappa shape index (κ2) is 9.29. The van der Waals surface area contributed by atoms with Crippen LogP contribution in [0.4, 0.5) is 0 Å². The van der Waals surface area contributed by atoms with E-state index in [1.165, 1.54) is 31.3 Å². The van der Waals surface area contributed by atoms with Gasteiger partial charge in [0.1, 0.15) is 40.8 Å². The molecule has 192 valence electrons. The number of phenolic OH excluding ortho intramolecular Hbond substituents is 3. The number of aliphatic hydroxyl groups excluding tert-OH is 3. The summed E-state index contributed by atoms with van der Waals surface area (Å²) in [6.45, 7) is -0.493. The molecule has 0 bridgehead atoms. The number of carbonyl (C=O) groups is 1. The first-order valence-corrected chi connectivity index (χ1v) is 10.6. The molecule has 1 fully saturated rings. The summed E-state index contributed by atoms with van der Waals surface area (Å²) >= 11 is 0. The summed E-state index contributed by atoms with van der Waals surface area (Å²) in [5.41, 5.74) is -3.00. The lowest BCUT2D eigenvalue weighted by Crippen LogP contribution is -2.71. The highest BCUT2D eigenvalue weighted by molar-refractivity contribution is 5.89. The number of carboxylic acid groups (broad SMARTS) is 1. The molecule has 5 atom stereocenters. The number of aromatic hydroxyl groups is 3. The Morgan fingerprint density at radius 3 is 2.33 bits per heavy atom. The van der Waals surface area contributed by atoms with Gasteiger partial charge in [0.15, 0.2) is 16.9 Å². The van der Waals surface area contributed by atoms with Crippen LogP contribution in [0.5, 0.6) is 23.0 Å². The Hall–Kier alpha value is -3.88. The Bertz CT molecular complexity index is 1350. The van der Waals surface area contributed by atoms with Gasteiger partial charge < -0.3 is 55.0 Å². The largest absolute Gasteiger partial charge is 0.508 e. The van der Waals surface area contributed by atoms with Crippen LogP contribution in [0.15, 0.2) is 45.6 Å². The van der Waals surface area contributed by atoms with E-state index in [0.29, 0.717) is 5.56 Å². The van der Waals surface area contributed by atoms with E-state index in [-0.39, 0.29) is 17.1 Å². The van der Waals surface area contributed by atoms with Gasteiger partial charge in [-0.2, -0.15) is 0 Å². The van der Waals surface area contributed by atoms with E-state index in [9.17, 15) is 45.3 Å². The number of nitrogens with one attached hydrogen (secondary N) is 1. The average molecular weight is 505 g/mol. The number of likely N-dealkylation sites (N-methyl/N-ethyl adjacent to an activating group) is 1. The van der Waals surface area contributed by atoms with Crippen molar-refractivity contribution in [1.82, 2.24) is 5.32 Å². The van der Waals surface area contributed by atoms with Crippen LogP contribution < -0.4 is 15.5 Å². The molecule has 8 N–H and O–H groups in total. The quantitative estimate of drug-likeness (QED) is 0.197. The van der Waals surface area contributed by atoms with E-state index in [1.54, 1.807) is 0 Å². The number of rotatable bonds is 6. The molecule has 13 heteroatoms. The second-order valence-corrected chi connectivity index (χ2v) is 8.22. The number of hydrogen-bond donors (Lipinski definition) is 8. The zero-order chi connectivity index (χ0) is 26.4. The zero-order valence-electron chi connectivity index (χ0n) is 18.7. The summed E-state index contributed by atoms with van der Waals surface area (Å²) in [5.74, 6) is -4.08. The monoisotopic (exact) mass is 505 g/mol. The van der Waals surface area contributed by atoms with Crippen LogP contribution in [-0.4, -0.2) is 85.5 Å². The number of benzene rings is 2. The number of aliphatic carboxylic acids is 1. The van der Waals surface area contributed by atoms with Crippen molar-refractivity contribution < 1.29 is 54.4 Å². The number of carboxylic acids is 1. The van der Waals surface area contributed by atoms with Gasteiger partial charge in [0, 0.05) is 24.2 Å². The minimum Gasteiger partial charge on any atom is -0.508 e. The summed E-state index contributed by atoms with van der Waals surface area (Å²) in [6, 6.07) is 7.75. The van der Waals surface area contributed by atoms with E-state index in [0.717, 1.165) is 12.1 Å². The molecule has 1 aliphatic heterocycles. The highest BCUT2D eigenvalue weighted by Gasteiger charge is 2.59. The molecule has 1 aliphatic rings. The van der Waals surface area contributed by atoms with E-state index in [2.05, 4.69) is 5.32 Å². The van der Waals surface area contributed by atoms with E-state index < -0.39 is 70.8 Å². The van der Waals surface area contributed by atoms with E-state index in [4.69, 9.17) is 13.9 Å². The number of phenols is 3. The molecule has 13 nitrogen and oxygen atoms in total. The molecule has 2 aromatic carbocycles. The first-order chi connectivity index (χ1) is 17.0. The fourth-order valence-corrected chi connectivity index (χ4v) is 3.98. The van der Waals surface area contributed by atoms with E-state index in [1.807, 2.05) is 0 Å². The van der Waals surface area contributed by atoms with Crippen LogP contribution in [0.1, 0.15) is 0 Å². The number of ether oxygens (including phenoxy) is 2. The highest BCUT2D eigenvalue weighted by Crippen LogP contribution is 2.43. The highest BCUT2D eigenvalue weighted by atomic mass is 16.7. The van der Waals surface area contributed by atoms with Crippen molar-refractivity contribution in [1.29, 1.82) is 0 Å². The van der Waals surface area contributed by atoms with Crippen LogP contribution in [0.2, 0.25) is 0 Å². The normalized spacial score (nSPS) is 26.1. The van der Waals surface area contributed by atoms with E-state index >= 15 is 0 Å². The summed E-state index contributed by atoms with van der Waals surface area (Å²) in [7, 11) is 1.37. The lowest BCUT2D eigenvalue weighted by atomic mass is 9.86. The first-order valence-electron chi connectivity index (χ1n) is 10.6. The van der Waals surface area contributed by atoms with Gasteiger partial charge in [-0.1, -0.05) is 0 Å². The molecule has 0 spiro atoms. The van der Waals surface area contributed by atoms with Gasteiger partial charge in [0.2, 0.25) is 17.6 Å². The third-order valence-corrected chi connectivity index (χ3v) is 5.88. The van der Waals surface area contributed by atoms with Crippen LogP contribution in [0, 0.1) is 0 Å². The van der Waals surface area contributed by atoms with Crippen molar-refractivity contribution in [3.05, 3.63) is 46.6 Å². The van der Waals surface area contributed by atoms with Gasteiger partial charge in [0.25, 0.3) is 0 Å². The van der Waals surface area contributed by atoms with Crippen molar-refractivity contribution in [3.8, 4) is 34.3 Å². The summed E-state index contributed by atoms with van der Waals surface area (Å²) in [4.78, 5) is 24.6. The minimum atomic E-state index is -2.44. The van der Waals surface area contributed by atoms with Crippen LogP contribution in [-0.2, 0) is 9.53 Å². The summed E-state index contributed by atoms with van der Waals surface area (Å²) < 4.78 is 16.5. The topological polar surface area (TPSA) is 219 Å². The number of hydrogen-bond acceptors (Lipinski definition) is 12. The van der Waals surface area contributed by atoms with Gasteiger partial charge in [-0.15, -0.1) is 0 Å². The lowest BCUT2D eigenvalue weighted by Gasteiger charge is -2.45. The molecule has 3 aromatic rings. The molecule has 36 heavy (non-hydrogen) atoms. The zero-order valence-corrected chi connectivity index (χ0v) is 18.7. The SMILES string of the molecule is CNC[C@]1(C(=O)O)O[C@@H](Oc2cc3oc(-c4ccc(O)cc4)cc(=O)c3c(O)c2O)[C@H](O)[C@@H](O)[C@@H]1O. The number of fused-ring (bicyclic) bond motifs is 1.